The van der Waals surface area contributed by atoms with E-state index < -0.39 is 0 Å². The van der Waals surface area contributed by atoms with Crippen molar-refractivity contribution in [3.63, 3.8) is 0 Å². The molecule has 2 aromatic rings. The number of Topliss-reactive ketones (excluding diaryl/α,β-unsaturated/α-hetero) is 1. The third-order valence-corrected chi connectivity index (χ3v) is 2.70. The van der Waals surface area contributed by atoms with Gasteiger partial charge in [-0.1, -0.05) is 30.7 Å². The second kappa shape index (κ2) is 4.43. The van der Waals surface area contributed by atoms with Crippen molar-refractivity contribution in [2.75, 3.05) is 0 Å². The number of hydrogen-bond acceptors (Lipinski definition) is 3. The topological polar surface area (TPSA) is 47.8 Å². The number of nitrogens with zero attached hydrogens (tertiary/aromatic N) is 3. The monoisotopic (exact) mass is 217 g/mol. The number of fused-ring (bicyclic) bond motifs is 1. The number of carbonyl (C=O) groups excluding carboxylic acids is 1. The molecule has 0 aliphatic rings. The minimum Gasteiger partial charge on any atom is -0.298 e. The minimum atomic E-state index is -0.183. The lowest BCUT2D eigenvalue weighted by atomic mass is 10.1. The van der Waals surface area contributed by atoms with Gasteiger partial charge in [0.1, 0.15) is 11.6 Å². The van der Waals surface area contributed by atoms with Crippen molar-refractivity contribution >= 4 is 16.8 Å². The van der Waals surface area contributed by atoms with Crippen LogP contribution in [0.15, 0.2) is 24.3 Å². The Morgan fingerprint density at radius 1 is 1.44 bits per heavy atom. The number of aromatic nitrogens is 3. The molecule has 4 nitrogen and oxygen atoms in total. The standard InChI is InChI=1S/C12H15N3O/c1-3-6-11(9(2)16)15-12-8-5-4-7-10(12)13-14-15/h4-5,7-8,11H,3,6H2,1-2H3. The average Bonchev–Trinajstić information content (AvgIpc) is 2.69. The highest BCUT2D eigenvalue weighted by Gasteiger charge is 2.18. The molecule has 0 aliphatic carbocycles. The molecule has 16 heavy (non-hydrogen) atoms. The van der Waals surface area contributed by atoms with Crippen molar-refractivity contribution in [3.8, 4) is 0 Å². The van der Waals surface area contributed by atoms with Gasteiger partial charge in [-0.3, -0.25) is 4.79 Å². The van der Waals surface area contributed by atoms with E-state index in [0.29, 0.717) is 0 Å². The number of hydrogen-bond donors (Lipinski definition) is 0. The van der Waals surface area contributed by atoms with Crippen LogP contribution in [-0.2, 0) is 4.79 Å². The summed E-state index contributed by atoms with van der Waals surface area (Å²) < 4.78 is 1.74. The zero-order chi connectivity index (χ0) is 11.5. The van der Waals surface area contributed by atoms with E-state index >= 15 is 0 Å². The Labute approximate surface area is 94.3 Å². The summed E-state index contributed by atoms with van der Waals surface area (Å²) in [5.41, 5.74) is 1.76. The second-order valence-corrected chi connectivity index (χ2v) is 3.94. The lowest BCUT2D eigenvalue weighted by molar-refractivity contribution is -0.120. The number of para-hydroxylation sites is 1. The predicted molar refractivity (Wildman–Crippen MR) is 62.2 cm³/mol. The van der Waals surface area contributed by atoms with Crippen molar-refractivity contribution in [1.29, 1.82) is 0 Å². The molecule has 84 valence electrons. The van der Waals surface area contributed by atoms with Crippen LogP contribution in [-0.4, -0.2) is 20.8 Å². The van der Waals surface area contributed by atoms with E-state index in [1.807, 2.05) is 24.3 Å². The number of carbonyl (C=O) groups is 1. The number of ketones is 1. The molecule has 1 unspecified atom stereocenters. The predicted octanol–water partition coefficient (Wildman–Crippen LogP) is 2.36. The Morgan fingerprint density at radius 2 is 2.19 bits per heavy atom. The molecule has 4 heteroatoms. The highest BCUT2D eigenvalue weighted by atomic mass is 16.1. The van der Waals surface area contributed by atoms with Gasteiger partial charge >= 0.3 is 0 Å². The van der Waals surface area contributed by atoms with Gasteiger partial charge in [0.15, 0.2) is 5.78 Å². The lowest BCUT2D eigenvalue weighted by Gasteiger charge is -2.13. The molecule has 0 amide bonds. The van der Waals surface area contributed by atoms with Crippen LogP contribution in [0.2, 0.25) is 0 Å². The maximum absolute atomic E-state index is 11.6. The molecule has 1 aromatic heterocycles. The van der Waals surface area contributed by atoms with E-state index in [-0.39, 0.29) is 11.8 Å². The molecular weight excluding hydrogens is 202 g/mol. The van der Waals surface area contributed by atoms with Crippen LogP contribution in [0.1, 0.15) is 32.7 Å². The van der Waals surface area contributed by atoms with Crippen LogP contribution < -0.4 is 0 Å². The van der Waals surface area contributed by atoms with Gasteiger partial charge in [0.2, 0.25) is 0 Å². The highest BCUT2D eigenvalue weighted by molar-refractivity contribution is 5.82. The average molecular weight is 217 g/mol. The lowest BCUT2D eigenvalue weighted by Crippen LogP contribution is -2.18. The first-order valence-electron chi connectivity index (χ1n) is 5.54. The Morgan fingerprint density at radius 3 is 2.88 bits per heavy atom. The molecule has 1 heterocycles. The summed E-state index contributed by atoms with van der Waals surface area (Å²) in [7, 11) is 0. The zero-order valence-electron chi connectivity index (χ0n) is 9.55. The summed E-state index contributed by atoms with van der Waals surface area (Å²) in [6, 6.07) is 7.52. The molecule has 0 radical (unpaired) electrons. The smallest absolute Gasteiger partial charge is 0.154 e. The first-order chi connectivity index (χ1) is 7.74. The summed E-state index contributed by atoms with van der Waals surface area (Å²) in [5.74, 6) is 0.137. The molecular formula is C12H15N3O. The second-order valence-electron chi connectivity index (χ2n) is 3.94. The zero-order valence-corrected chi connectivity index (χ0v) is 9.55. The van der Waals surface area contributed by atoms with E-state index in [9.17, 15) is 4.79 Å². The molecule has 0 saturated heterocycles. The van der Waals surface area contributed by atoms with Crippen molar-refractivity contribution < 1.29 is 4.79 Å². The van der Waals surface area contributed by atoms with Crippen LogP contribution in [0.4, 0.5) is 0 Å². The van der Waals surface area contributed by atoms with Gasteiger partial charge in [-0.2, -0.15) is 0 Å². The Hall–Kier alpha value is -1.71. The summed E-state index contributed by atoms with van der Waals surface area (Å²) >= 11 is 0. The van der Waals surface area contributed by atoms with Gasteiger partial charge in [0.05, 0.1) is 5.52 Å². The quantitative estimate of drug-likeness (QED) is 0.789. The van der Waals surface area contributed by atoms with E-state index in [1.165, 1.54) is 0 Å². The summed E-state index contributed by atoms with van der Waals surface area (Å²) in [4.78, 5) is 11.6. The first kappa shape index (κ1) is 10.8. The number of benzene rings is 1. The third kappa shape index (κ3) is 1.83. The van der Waals surface area contributed by atoms with E-state index in [1.54, 1.807) is 11.6 Å². The van der Waals surface area contributed by atoms with Crippen molar-refractivity contribution in [1.82, 2.24) is 15.0 Å². The van der Waals surface area contributed by atoms with Gasteiger partial charge in [0.25, 0.3) is 0 Å². The van der Waals surface area contributed by atoms with Crippen LogP contribution in [0.25, 0.3) is 11.0 Å². The maximum Gasteiger partial charge on any atom is 0.154 e. The van der Waals surface area contributed by atoms with Gasteiger partial charge in [0, 0.05) is 0 Å². The number of rotatable bonds is 4. The van der Waals surface area contributed by atoms with E-state index in [4.69, 9.17) is 0 Å². The normalized spacial score (nSPS) is 12.9. The summed E-state index contributed by atoms with van der Waals surface area (Å²) in [5, 5.41) is 8.15. The van der Waals surface area contributed by atoms with Crippen LogP contribution >= 0.6 is 0 Å². The van der Waals surface area contributed by atoms with Crippen LogP contribution in [0.3, 0.4) is 0 Å². The fraction of sp³-hybridized carbons (Fsp3) is 0.417. The molecule has 0 fully saturated rings. The Balaban J connectivity index is 2.48. The van der Waals surface area contributed by atoms with E-state index in [2.05, 4.69) is 17.2 Å². The first-order valence-corrected chi connectivity index (χ1v) is 5.54. The molecule has 2 rings (SSSR count). The van der Waals surface area contributed by atoms with Crippen molar-refractivity contribution in [2.45, 2.75) is 32.7 Å². The fourth-order valence-electron chi connectivity index (χ4n) is 1.89. The molecule has 0 N–H and O–H groups in total. The molecule has 0 aliphatic heterocycles. The summed E-state index contributed by atoms with van der Waals surface area (Å²) in [6.07, 6.45) is 1.77. The van der Waals surface area contributed by atoms with Crippen molar-refractivity contribution in [2.24, 2.45) is 0 Å². The largest absolute Gasteiger partial charge is 0.298 e. The molecule has 1 atom stereocenters. The minimum absolute atomic E-state index is 0.137. The molecule has 0 saturated carbocycles. The Kier molecular flexibility index (Phi) is 2.99. The van der Waals surface area contributed by atoms with Crippen LogP contribution in [0.5, 0.6) is 0 Å². The van der Waals surface area contributed by atoms with Crippen molar-refractivity contribution in [3.05, 3.63) is 24.3 Å². The van der Waals surface area contributed by atoms with Gasteiger partial charge < -0.3 is 0 Å². The summed E-state index contributed by atoms with van der Waals surface area (Å²) in [6.45, 7) is 3.67. The van der Waals surface area contributed by atoms with Crippen LogP contribution in [0, 0.1) is 0 Å². The van der Waals surface area contributed by atoms with Gasteiger partial charge in [-0.05, 0) is 25.5 Å². The fourth-order valence-corrected chi connectivity index (χ4v) is 1.89. The molecule has 0 spiro atoms. The molecule has 1 aromatic carbocycles. The highest BCUT2D eigenvalue weighted by Crippen LogP contribution is 2.19. The van der Waals surface area contributed by atoms with Gasteiger partial charge in [-0.25, -0.2) is 4.68 Å². The SMILES string of the molecule is CCCC(C(C)=O)n1nnc2ccccc21. The van der Waals surface area contributed by atoms with E-state index in [0.717, 1.165) is 23.9 Å². The maximum atomic E-state index is 11.6. The van der Waals surface area contributed by atoms with Gasteiger partial charge in [-0.15, -0.1) is 5.10 Å². The Bertz CT molecular complexity index is 504. The molecule has 0 bridgehead atoms. The third-order valence-electron chi connectivity index (χ3n) is 2.70.